The van der Waals surface area contributed by atoms with Crippen LogP contribution in [0.5, 0.6) is 5.75 Å². The first-order valence-electron chi connectivity index (χ1n) is 7.07. The Labute approximate surface area is 124 Å². The highest BCUT2D eigenvalue weighted by molar-refractivity contribution is 5.76. The highest BCUT2D eigenvalue weighted by Crippen LogP contribution is 2.25. The van der Waals surface area contributed by atoms with Crippen molar-refractivity contribution >= 4 is 11.0 Å². The van der Waals surface area contributed by atoms with Crippen molar-refractivity contribution in [3.8, 4) is 5.75 Å². The molecule has 0 aliphatic rings. The highest BCUT2D eigenvalue weighted by Gasteiger charge is 2.17. The summed E-state index contributed by atoms with van der Waals surface area (Å²) in [5.41, 5.74) is 2.09. The molecule has 0 amide bonds. The molecule has 0 radical (unpaired) electrons. The summed E-state index contributed by atoms with van der Waals surface area (Å²) >= 11 is 0. The predicted octanol–water partition coefficient (Wildman–Crippen LogP) is 4.36. The van der Waals surface area contributed by atoms with Crippen LogP contribution in [0.15, 0.2) is 67.3 Å². The van der Waals surface area contributed by atoms with Crippen LogP contribution in [0.3, 0.4) is 0 Å². The molecule has 3 nitrogen and oxygen atoms in total. The van der Waals surface area contributed by atoms with E-state index in [4.69, 9.17) is 9.72 Å². The van der Waals surface area contributed by atoms with E-state index >= 15 is 0 Å². The van der Waals surface area contributed by atoms with E-state index in [1.54, 1.807) is 0 Å². The average molecular weight is 278 g/mol. The maximum atomic E-state index is 6.00. The lowest BCUT2D eigenvalue weighted by atomic mass is 10.3. The average Bonchev–Trinajstić information content (AvgIpc) is 2.88. The maximum Gasteiger partial charge on any atom is 0.153 e. The number of para-hydroxylation sites is 3. The van der Waals surface area contributed by atoms with Crippen LogP contribution < -0.4 is 4.74 Å². The van der Waals surface area contributed by atoms with Gasteiger partial charge in [0.05, 0.1) is 11.0 Å². The van der Waals surface area contributed by atoms with Gasteiger partial charge in [0.25, 0.3) is 0 Å². The van der Waals surface area contributed by atoms with Crippen molar-refractivity contribution in [1.29, 1.82) is 0 Å². The van der Waals surface area contributed by atoms with Crippen LogP contribution in [0.2, 0.25) is 0 Å². The molecule has 0 saturated carbocycles. The molecular formula is C18H18N2O. The Bertz CT molecular complexity index is 746. The Morgan fingerprint density at radius 1 is 1.14 bits per heavy atom. The van der Waals surface area contributed by atoms with Gasteiger partial charge >= 0.3 is 0 Å². The molecule has 0 unspecified atom stereocenters. The van der Waals surface area contributed by atoms with Crippen molar-refractivity contribution in [2.45, 2.75) is 19.6 Å². The molecule has 106 valence electrons. The minimum Gasteiger partial charge on any atom is -0.483 e. The molecule has 0 saturated heterocycles. The number of ether oxygens (including phenoxy) is 1. The fourth-order valence-corrected chi connectivity index (χ4v) is 2.48. The quantitative estimate of drug-likeness (QED) is 0.648. The minimum atomic E-state index is -0.125. The summed E-state index contributed by atoms with van der Waals surface area (Å²) < 4.78 is 8.15. The number of benzene rings is 2. The SMILES string of the molecule is C=CCn1c([C@H](C)Oc2ccccc2)nc2ccccc21. The third-order valence-corrected chi connectivity index (χ3v) is 3.42. The van der Waals surface area contributed by atoms with Crippen LogP contribution in [-0.4, -0.2) is 9.55 Å². The van der Waals surface area contributed by atoms with E-state index in [0.29, 0.717) is 0 Å². The lowest BCUT2D eigenvalue weighted by Crippen LogP contribution is -2.11. The van der Waals surface area contributed by atoms with E-state index in [9.17, 15) is 0 Å². The first-order valence-corrected chi connectivity index (χ1v) is 7.07. The molecule has 21 heavy (non-hydrogen) atoms. The molecule has 0 bridgehead atoms. The Kier molecular flexibility index (Phi) is 3.73. The molecule has 0 N–H and O–H groups in total. The molecule has 3 rings (SSSR count). The van der Waals surface area contributed by atoms with Gasteiger partial charge in [-0.3, -0.25) is 0 Å². The van der Waals surface area contributed by atoms with Crippen molar-refractivity contribution in [3.05, 3.63) is 73.1 Å². The topological polar surface area (TPSA) is 27.1 Å². The smallest absolute Gasteiger partial charge is 0.153 e. The number of aromatic nitrogens is 2. The largest absolute Gasteiger partial charge is 0.483 e. The highest BCUT2D eigenvalue weighted by atomic mass is 16.5. The fraction of sp³-hybridized carbons (Fsp3) is 0.167. The molecule has 0 spiro atoms. The third-order valence-electron chi connectivity index (χ3n) is 3.42. The molecule has 3 aromatic rings. The van der Waals surface area contributed by atoms with Gasteiger partial charge in [-0.2, -0.15) is 0 Å². The number of fused-ring (bicyclic) bond motifs is 1. The van der Waals surface area contributed by atoms with Crippen LogP contribution in [0.4, 0.5) is 0 Å². The monoisotopic (exact) mass is 278 g/mol. The lowest BCUT2D eigenvalue weighted by Gasteiger charge is -2.15. The second kappa shape index (κ2) is 5.83. The second-order valence-electron chi connectivity index (χ2n) is 4.93. The zero-order valence-electron chi connectivity index (χ0n) is 12.1. The van der Waals surface area contributed by atoms with E-state index in [1.165, 1.54) is 0 Å². The summed E-state index contributed by atoms with van der Waals surface area (Å²) in [5, 5.41) is 0. The van der Waals surface area contributed by atoms with Gasteiger partial charge in [0.1, 0.15) is 5.75 Å². The zero-order valence-corrected chi connectivity index (χ0v) is 12.1. The van der Waals surface area contributed by atoms with Gasteiger partial charge in [-0.25, -0.2) is 4.98 Å². The van der Waals surface area contributed by atoms with Gasteiger partial charge in [0.2, 0.25) is 0 Å². The summed E-state index contributed by atoms with van der Waals surface area (Å²) in [4.78, 5) is 4.72. The summed E-state index contributed by atoms with van der Waals surface area (Å²) in [5.74, 6) is 1.77. The van der Waals surface area contributed by atoms with Crippen molar-refractivity contribution in [3.63, 3.8) is 0 Å². The van der Waals surface area contributed by atoms with Crippen molar-refractivity contribution in [1.82, 2.24) is 9.55 Å². The number of nitrogens with zero attached hydrogens (tertiary/aromatic N) is 2. The molecule has 0 aliphatic heterocycles. The normalized spacial score (nSPS) is 12.2. The summed E-state index contributed by atoms with van der Waals surface area (Å²) in [6, 6.07) is 17.9. The second-order valence-corrected chi connectivity index (χ2v) is 4.93. The van der Waals surface area contributed by atoms with E-state index in [0.717, 1.165) is 29.2 Å². The Balaban J connectivity index is 1.98. The van der Waals surface area contributed by atoms with E-state index in [1.807, 2.05) is 61.5 Å². The van der Waals surface area contributed by atoms with E-state index in [2.05, 4.69) is 17.2 Å². The molecule has 1 heterocycles. The van der Waals surface area contributed by atoms with Crippen LogP contribution in [0.25, 0.3) is 11.0 Å². The number of hydrogen-bond acceptors (Lipinski definition) is 2. The number of allylic oxidation sites excluding steroid dienone is 1. The van der Waals surface area contributed by atoms with Gasteiger partial charge in [0.15, 0.2) is 11.9 Å². The van der Waals surface area contributed by atoms with Crippen LogP contribution in [0.1, 0.15) is 18.9 Å². The minimum absolute atomic E-state index is 0.125. The molecule has 1 atom stereocenters. The predicted molar refractivity (Wildman–Crippen MR) is 85.4 cm³/mol. The molecule has 1 aromatic heterocycles. The standard InChI is InChI=1S/C18H18N2O/c1-3-13-20-17-12-8-7-11-16(17)19-18(20)14(2)21-15-9-5-4-6-10-15/h3-12,14H,1,13H2,2H3/t14-/m0/s1. The van der Waals surface area contributed by atoms with Gasteiger partial charge in [-0.15, -0.1) is 6.58 Å². The van der Waals surface area contributed by atoms with E-state index in [-0.39, 0.29) is 6.10 Å². The molecule has 0 aliphatic carbocycles. The number of hydrogen-bond donors (Lipinski definition) is 0. The summed E-state index contributed by atoms with van der Waals surface area (Å²) in [7, 11) is 0. The van der Waals surface area contributed by atoms with Gasteiger partial charge in [-0.1, -0.05) is 36.4 Å². The first-order chi connectivity index (χ1) is 10.3. The van der Waals surface area contributed by atoms with Gasteiger partial charge in [0, 0.05) is 6.54 Å². The zero-order chi connectivity index (χ0) is 14.7. The number of rotatable bonds is 5. The van der Waals surface area contributed by atoms with Crippen LogP contribution in [-0.2, 0) is 6.54 Å². The Morgan fingerprint density at radius 3 is 2.62 bits per heavy atom. The maximum absolute atomic E-state index is 6.00. The van der Waals surface area contributed by atoms with E-state index < -0.39 is 0 Å². The van der Waals surface area contributed by atoms with Crippen LogP contribution >= 0.6 is 0 Å². The molecular weight excluding hydrogens is 260 g/mol. The van der Waals surface area contributed by atoms with Crippen LogP contribution in [0, 0.1) is 0 Å². The summed E-state index contributed by atoms with van der Waals surface area (Å²) in [6.07, 6.45) is 1.76. The van der Waals surface area contributed by atoms with Gasteiger partial charge < -0.3 is 9.30 Å². The Morgan fingerprint density at radius 2 is 1.86 bits per heavy atom. The number of imidazole rings is 1. The third kappa shape index (κ3) is 2.68. The molecule has 3 heteroatoms. The van der Waals surface area contributed by atoms with Gasteiger partial charge in [-0.05, 0) is 31.2 Å². The van der Waals surface area contributed by atoms with Crippen molar-refractivity contribution < 1.29 is 4.74 Å². The molecule has 0 fully saturated rings. The summed E-state index contributed by atoms with van der Waals surface area (Å²) in [6.45, 7) is 6.58. The van der Waals surface area contributed by atoms with Crippen molar-refractivity contribution in [2.75, 3.05) is 0 Å². The van der Waals surface area contributed by atoms with Crippen molar-refractivity contribution in [2.24, 2.45) is 0 Å². The fourth-order valence-electron chi connectivity index (χ4n) is 2.48. The first kappa shape index (κ1) is 13.4. The lowest BCUT2D eigenvalue weighted by molar-refractivity contribution is 0.212. The Hall–Kier alpha value is -2.55. The molecule has 2 aromatic carbocycles.